The van der Waals surface area contributed by atoms with Crippen LogP contribution in [0.25, 0.3) is 0 Å². The van der Waals surface area contributed by atoms with Gasteiger partial charge in [0, 0.05) is 11.9 Å². The second-order valence-corrected chi connectivity index (χ2v) is 4.85. The Labute approximate surface area is 118 Å². The molecule has 2 aromatic heterocycles. The highest BCUT2D eigenvalue weighted by Gasteiger charge is 2.07. The van der Waals surface area contributed by atoms with Crippen LogP contribution >= 0.6 is 12.2 Å². The van der Waals surface area contributed by atoms with Crippen molar-refractivity contribution in [2.75, 3.05) is 0 Å². The fourth-order valence-corrected chi connectivity index (χ4v) is 2.10. The summed E-state index contributed by atoms with van der Waals surface area (Å²) in [4.78, 5) is 4.47. The van der Waals surface area contributed by atoms with E-state index in [1.54, 1.807) is 6.20 Å². The van der Waals surface area contributed by atoms with E-state index in [0.717, 1.165) is 30.6 Å². The van der Waals surface area contributed by atoms with Crippen LogP contribution in [0.1, 0.15) is 36.5 Å². The Morgan fingerprint density at radius 2 is 2.11 bits per heavy atom. The van der Waals surface area contributed by atoms with E-state index >= 15 is 0 Å². The fourth-order valence-electron chi connectivity index (χ4n) is 1.99. The van der Waals surface area contributed by atoms with Crippen LogP contribution in [0.4, 0.5) is 0 Å². The van der Waals surface area contributed by atoms with Gasteiger partial charge in [-0.15, -0.1) is 0 Å². The lowest BCUT2D eigenvalue weighted by Crippen LogP contribution is -2.13. The molecule has 0 aromatic carbocycles. The van der Waals surface area contributed by atoms with E-state index in [-0.39, 0.29) is 0 Å². The van der Waals surface area contributed by atoms with Gasteiger partial charge in [-0.05, 0) is 36.6 Å². The number of hydrogen-bond acceptors (Lipinski definition) is 3. The molecule has 2 rings (SSSR count). The van der Waals surface area contributed by atoms with Crippen molar-refractivity contribution in [1.82, 2.24) is 14.8 Å². The Bertz CT molecular complexity index is 589. The minimum atomic E-state index is 0.326. The van der Waals surface area contributed by atoms with Gasteiger partial charge >= 0.3 is 0 Å². The van der Waals surface area contributed by atoms with Gasteiger partial charge in [-0.25, -0.2) is 0 Å². The van der Waals surface area contributed by atoms with Gasteiger partial charge in [-0.3, -0.25) is 9.67 Å². The SMILES string of the molecule is CCc1cc(CC)n(Cc2ccnc(C(N)=S)c2)n1. The van der Waals surface area contributed by atoms with Crippen molar-refractivity contribution in [3.8, 4) is 0 Å². The smallest absolute Gasteiger partial charge is 0.122 e. The van der Waals surface area contributed by atoms with Crippen LogP contribution < -0.4 is 5.73 Å². The molecule has 100 valence electrons. The van der Waals surface area contributed by atoms with Crippen LogP contribution in [0.3, 0.4) is 0 Å². The van der Waals surface area contributed by atoms with Crippen LogP contribution in [-0.2, 0) is 19.4 Å². The van der Waals surface area contributed by atoms with Crippen molar-refractivity contribution in [2.24, 2.45) is 5.73 Å². The first-order chi connectivity index (χ1) is 9.13. The standard InChI is InChI=1S/C14H18N4S/c1-3-11-8-12(4-2)18(17-11)9-10-5-6-16-13(7-10)14(15)19/h5-8H,3-4,9H2,1-2H3,(H2,15,19). The van der Waals surface area contributed by atoms with Crippen LogP contribution in [0.5, 0.6) is 0 Å². The van der Waals surface area contributed by atoms with Gasteiger partial charge in [-0.1, -0.05) is 26.1 Å². The molecule has 0 bridgehead atoms. The summed E-state index contributed by atoms with van der Waals surface area (Å²) >= 11 is 4.95. The van der Waals surface area contributed by atoms with Crippen molar-refractivity contribution in [3.05, 3.63) is 47.0 Å². The quantitative estimate of drug-likeness (QED) is 0.848. The summed E-state index contributed by atoms with van der Waals surface area (Å²) in [6.07, 6.45) is 3.66. The maximum absolute atomic E-state index is 5.60. The summed E-state index contributed by atoms with van der Waals surface area (Å²) in [5, 5.41) is 4.60. The van der Waals surface area contributed by atoms with Crippen LogP contribution in [0.15, 0.2) is 24.4 Å². The van der Waals surface area contributed by atoms with E-state index in [0.29, 0.717) is 10.7 Å². The lowest BCUT2D eigenvalue weighted by molar-refractivity contribution is 0.640. The van der Waals surface area contributed by atoms with Gasteiger partial charge in [0.2, 0.25) is 0 Å². The normalized spacial score (nSPS) is 10.6. The molecule has 19 heavy (non-hydrogen) atoms. The number of nitrogens with zero attached hydrogens (tertiary/aromatic N) is 3. The number of hydrogen-bond donors (Lipinski definition) is 1. The Kier molecular flexibility index (Phi) is 4.27. The number of thiocarbonyl (C=S) groups is 1. The molecule has 0 saturated heterocycles. The number of aromatic nitrogens is 3. The third-order valence-corrected chi connectivity index (χ3v) is 3.26. The third kappa shape index (κ3) is 3.17. The second kappa shape index (κ2) is 5.93. The summed E-state index contributed by atoms with van der Waals surface area (Å²) in [7, 11) is 0. The van der Waals surface area contributed by atoms with Gasteiger partial charge < -0.3 is 5.73 Å². The Morgan fingerprint density at radius 3 is 2.74 bits per heavy atom. The maximum Gasteiger partial charge on any atom is 0.122 e. The zero-order valence-electron chi connectivity index (χ0n) is 11.3. The van der Waals surface area contributed by atoms with Crippen LogP contribution in [-0.4, -0.2) is 19.8 Å². The van der Waals surface area contributed by atoms with E-state index in [1.807, 2.05) is 16.8 Å². The Balaban J connectivity index is 2.27. The minimum absolute atomic E-state index is 0.326. The van der Waals surface area contributed by atoms with Crippen molar-refractivity contribution in [2.45, 2.75) is 33.2 Å². The Morgan fingerprint density at radius 1 is 1.32 bits per heavy atom. The van der Waals surface area contributed by atoms with E-state index < -0.39 is 0 Å². The van der Waals surface area contributed by atoms with Gasteiger partial charge in [0.05, 0.1) is 17.9 Å². The van der Waals surface area contributed by atoms with Gasteiger partial charge in [0.1, 0.15) is 4.99 Å². The number of rotatable bonds is 5. The summed E-state index contributed by atoms with van der Waals surface area (Å²) in [6, 6.07) is 6.05. The van der Waals surface area contributed by atoms with Gasteiger partial charge in [-0.2, -0.15) is 5.10 Å². The summed E-state index contributed by atoms with van der Waals surface area (Å²) in [5.74, 6) is 0. The van der Waals surface area contributed by atoms with Gasteiger partial charge in [0.25, 0.3) is 0 Å². The maximum atomic E-state index is 5.60. The van der Waals surface area contributed by atoms with Crippen molar-refractivity contribution in [1.29, 1.82) is 0 Å². The molecule has 0 spiro atoms. The molecule has 0 fully saturated rings. The zero-order chi connectivity index (χ0) is 13.8. The Hall–Kier alpha value is -1.75. The molecule has 0 unspecified atom stereocenters. The first-order valence-electron chi connectivity index (χ1n) is 6.44. The van der Waals surface area contributed by atoms with Gasteiger partial charge in [0.15, 0.2) is 0 Å². The third-order valence-electron chi connectivity index (χ3n) is 3.05. The van der Waals surface area contributed by atoms with Crippen molar-refractivity contribution in [3.63, 3.8) is 0 Å². The van der Waals surface area contributed by atoms with E-state index in [9.17, 15) is 0 Å². The van der Waals surface area contributed by atoms with E-state index in [2.05, 4.69) is 30.0 Å². The zero-order valence-corrected chi connectivity index (χ0v) is 12.1. The van der Waals surface area contributed by atoms with E-state index in [4.69, 9.17) is 18.0 Å². The second-order valence-electron chi connectivity index (χ2n) is 4.41. The molecule has 0 aliphatic rings. The molecule has 0 aliphatic carbocycles. The largest absolute Gasteiger partial charge is 0.388 e. The lowest BCUT2D eigenvalue weighted by atomic mass is 10.2. The lowest BCUT2D eigenvalue weighted by Gasteiger charge is -2.07. The molecular formula is C14H18N4S. The van der Waals surface area contributed by atoms with E-state index in [1.165, 1.54) is 5.69 Å². The predicted molar refractivity (Wildman–Crippen MR) is 80.2 cm³/mol. The van der Waals surface area contributed by atoms with Crippen LogP contribution in [0, 0.1) is 0 Å². The average molecular weight is 274 g/mol. The molecule has 0 atom stereocenters. The molecule has 2 heterocycles. The summed E-state index contributed by atoms with van der Waals surface area (Å²) in [6.45, 7) is 4.98. The molecule has 0 radical (unpaired) electrons. The number of aryl methyl sites for hydroxylation is 2. The highest BCUT2D eigenvalue weighted by Crippen LogP contribution is 2.10. The molecule has 0 amide bonds. The topological polar surface area (TPSA) is 56.7 Å². The first-order valence-corrected chi connectivity index (χ1v) is 6.85. The average Bonchev–Trinajstić information content (AvgIpc) is 2.81. The summed E-state index contributed by atoms with van der Waals surface area (Å²) < 4.78 is 2.04. The molecule has 0 saturated carbocycles. The molecular weight excluding hydrogens is 256 g/mol. The molecule has 5 heteroatoms. The van der Waals surface area contributed by atoms with Crippen LogP contribution in [0.2, 0.25) is 0 Å². The highest BCUT2D eigenvalue weighted by atomic mass is 32.1. The number of nitrogens with two attached hydrogens (primary N) is 1. The highest BCUT2D eigenvalue weighted by molar-refractivity contribution is 7.80. The fraction of sp³-hybridized carbons (Fsp3) is 0.357. The molecule has 2 aromatic rings. The predicted octanol–water partition coefficient (Wildman–Crippen LogP) is 2.09. The first kappa shape index (κ1) is 13.7. The summed E-state index contributed by atoms with van der Waals surface area (Å²) in [5.41, 5.74) is 9.74. The number of pyridine rings is 1. The van der Waals surface area contributed by atoms with Crippen molar-refractivity contribution < 1.29 is 0 Å². The monoisotopic (exact) mass is 274 g/mol. The molecule has 0 aliphatic heterocycles. The molecule has 2 N–H and O–H groups in total. The molecule has 4 nitrogen and oxygen atoms in total. The van der Waals surface area contributed by atoms with Crippen molar-refractivity contribution >= 4 is 17.2 Å². The minimum Gasteiger partial charge on any atom is -0.388 e.